The van der Waals surface area contributed by atoms with E-state index >= 15 is 0 Å². The minimum Gasteiger partial charge on any atom is -0.490 e. The molecule has 2 heterocycles. The summed E-state index contributed by atoms with van der Waals surface area (Å²) in [7, 11) is 1.58. The predicted molar refractivity (Wildman–Crippen MR) is 65.2 cm³/mol. The first-order chi connectivity index (χ1) is 8.13. The van der Waals surface area contributed by atoms with Crippen LogP contribution in [0.5, 0.6) is 5.75 Å². The highest BCUT2D eigenvalue weighted by Gasteiger charge is 2.27. The van der Waals surface area contributed by atoms with Gasteiger partial charge in [0.25, 0.3) is 0 Å². The molecule has 0 spiro atoms. The molecule has 6 nitrogen and oxygen atoms in total. The van der Waals surface area contributed by atoms with Crippen LogP contribution in [-0.2, 0) is 4.74 Å². The molecule has 1 aliphatic heterocycles. The lowest BCUT2D eigenvalue weighted by Gasteiger charge is -2.38. The summed E-state index contributed by atoms with van der Waals surface area (Å²) in [6.45, 7) is 5.57. The Bertz CT molecular complexity index is 399. The van der Waals surface area contributed by atoms with Crippen molar-refractivity contribution in [1.29, 1.82) is 0 Å². The fourth-order valence-electron chi connectivity index (χ4n) is 1.98. The van der Waals surface area contributed by atoms with Crippen molar-refractivity contribution in [3.05, 3.63) is 6.33 Å². The van der Waals surface area contributed by atoms with Gasteiger partial charge in [0, 0.05) is 6.54 Å². The third-order valence-corrected chi connectivity index (χ3v) is 2.90. The van der Waals surface area contributed by atoms with Crippen molar-refractivity contribution < 1.29 is 9.47 Å². The highest BCUT2D eigenvalue weighted by atomic mass is 16.5. The summed E-state index contributed by atoms with van der Waals surface area (Å²) in [5.74, 6) is 1.64. The Hall–Kier alpha value is -1.56. The number of nitrogens with two attached hydrogens (primary N) is 1. The number of nitrogens with zero attached hydrogens (tertiary/aromatic N) is 3. The van der Waals surface area contributed by atoms with Crippen LogP contribution in [0.2, 0.25) is 0 Å². The van der Waals surface area contributed by atoms with Gasteiger partial charge in [-0.05, 0) is 13.8 Å². The summed E-state index contributed by atoms with van der Waals surface area (Å²) < 4.78 is 10.9. The van der Waals surface area contributed by atoms with Crippen LogP contribution in [0, 0.1) is 0 Å². The van der Waals surface area contributed by atoms with E-state index in [2.05, 4.69) is 21.8 Å². The third kappa shape index (κ3) is 2.26. The minimum atomic E-state index is 0.173. The molecule has 0 saturated carbocycles. The average Bonchev–Trinajstić information content (AvgIpc) is 2.32. The number of nitrogen functional groups attached to an aromatic ring is 1. The number of hydrogen-bond acceptors (Lipinski definition) is 6. The van der Waals surface area contributed by atoms with E-state index in [1.165, 1.54) is 6.33 Å². The molecule has 1 aliphatic rings. The number of anilines is 2. The molecular weight excluding hydrogens is 220 g/mol. The molecule has 0 radical (unpaired) electrons. The second-order valence-electron chi connectivity index (χ2n) is 4.26. The number of aromatic nitrogens is 2. The lowest BCUT2D eigenvalue weighted by atomic mass is 10.2. The van der Waals surface area contributed by atoms with Crippen LogP contribution in [0.4, 0.5) is 11.6 Å². The van der Waals surface area contributed by atoms with E-state index in [-0.39, 0.29) is 12.1 Å². The van der Waals surface area contributed by atoms with Crippen molar-refractivity contribution in [2.75, 3.05) is 30.9 Å². The van der Waals surface area contributed by atoms with Gasteiger partial charge < -0.3 is 20.1 Å². The Labute approximate surface area is 101 Å². The van der Waals surface area contributed by atoms with Gasteiger partial charge in [0.2, 0.25) is 5.75 Å². The third-order valence-electron chi connectivity index (χ3n) is 2.90. The van der Waals surface area contributed by atoms with E-state index in [1.54, 1.807) is 7.11 Å². The van der Waals surface area contributed by atoms with Crippen LogP contribution in [0.1, 0.15) is 13.8 Å². The summed E-state index contributed by atoms with van der Waals surface area (Å²) in [6, 6.07) is 0.245. The zero-order valence-corrected chi connectivity index (χ0v) is 10.4. The molecule has 1 saturated heterocycles. The highest BCUT2D eigenvalue weighted by Crippen LogP contribution is 2.32. The summed E-state index contributed by atoms with van der Waals surface area (Å²) in [6.07, 6.45) is 1.63. The Morgan fingerprint density at radius 1 is 1.47 bits per heavy atom. The minimum absolute atomic E-state index is 0.173. The number of ether oxygens (including phenoxy) is 2. The van der Waals surface area contributed by atoms with Crippen LogP contribution in [-0.4, -0.2) is 42.4 Å². The van der Waals surface area contributed by atoms with Gasteiger partial charge in [-0.25, -0.2) is 9.97 Å². The van der Waals surface area contributed by atoms with Crippen molar-refractivity contribution in [2.45, 2.75) is 26.0 Å². The van der Waals surface area contributed by atoms with Gasteiger partial charge in [0.15, 0.2) is 11.6 Å². The summed E-state index contributed by atoms with van der Waals surface area (Å²) in [5, 5.41) is 0. The molecule has 1 aromatic heterocycles. The lowest BCUT2D eigenvalue weighted by Crippen LogP contribution is -2.48. The van der Waals surface area contributed by atoms with Gasteiger partial charge in [-0.3, -0.25) is 0 Å². The van der Waals surface area contributed by atoms with E-state index in [0.717, 1.165) is 12.4 Å². The fourth-order valence-corrected chi connectivity index (χ4v) is 1.98. The maximum absolute atomic E-state index is 5.78. The van der Waals surface area contributed by atoms with E-state index in [9.17, 15) is 0 Å². The van der Waals surface area contributed by atoms with E-state index < -0.39 is 0 Å². The molecule has 2 rings (SSSR count). The monoisotopic (exact) mass is 238 g/mol. The van der Waals surface area contributed by atoms with Gasteiger partial charge in [0.05, 0.1) is 25.9 Å². The standard InChI is InChI=1S/C11H18N4O2/c1-7-5-17-8(2)4-15(7)11-9(16-3)10(12)13-6-14-11/h6-8H,4-5H2,1-3H3,(H2,12,13,14). The Kier molecular flexibility index (Phi) is 3.33. The Morgan fingerprint density at radius 2 is 2.24 bits per heavy atom. The molecule has 1 aromatic rings. The first kappa shape index (κ1) is 11.9. The first-order valence-corrected chi connectivity index (χ1v) is 5.66. The highest BCUT2D eigenvalue weighted by molar-refractivity contribution is 5.63. The average molecular weight is 238 g/mol. The second-order valence-corrected chi connectivity index (χ2v) is 4.26. The number of methoxy groups -OCH3 is 1. The van der Waals surface area contributed by atoms with Crippen molar-refractivity contribution >= 4 is 11.6 Å². The van der Waals surface area contributed by atoms with Crippen LogP contribution in [0.3, 0.4) is 0 Å². The molecule has 2 N–H and O–H groups in total. The van der Waals surface area contributed by atoms with E-state index in [1.807, 2.05) is 6.92 Å². The van der Waals surface area contributed by atoms with Gasteiger partial charge in [-0.2, -0.15) is 0 Å². The van der Waals surface area contributed by atoms with Gasteiger partial charge >= 0.3 is 0 Å². The van der Waals surface area contributed by atoms with Crippen molar-refractivity contribution in [2.24, 2.45) is 0 Å². The summed E-state index contributed by atoms with van der Waals surface area (Å²) in [5.41, 5.74) is 5.78. The van der Waals surface area contributed by atoms with E-state index in [0.29, 0.717) is 18.2 Å². The van der Waals surface area contributed by atoms with Crippen LogP contribution in [0.25, 0.3) is 0 Å². The largest absolute Gasteiger partial charge is 0.490 e. The first-order valence-electron chi connectivity index (χ1n) is 5.66. The van der Waals surface area contributed by atoms with Crippen LogP contribution >= 0.6 is 0 Å². The molecule has 0 aromatic carbocycles. The molecule has 17 heavy (non-hydrogen) atoms. The maximum Gasteiger partial charge on any atom is 0.204 e. The normalized spacial score (nSPS) is 24.8. The molecule has 2 atom stereocenters. The van der Waals surface area contributed by atoms with Crippen LogP contribution < -0.4 is 15.4 Å². The second kappa shape index (κ2) is 4.75. The molecule has 0 aliphatic carbocycles. The summed E-state index contributed by atoms with van der Waals surface area (Å²) >= 11 is 0. The molecule has 0 amide bonds. The Morgan fingerprint density at radius 3 is 2.94 bits per heavy atom. The lowest BCUT2D eigenvalue weighted by molar-refractivity contribution is 0.0338. The van der Waals surface area contributed by atoms with Gasteiger partial charge in [-0.15, -0.1) is 0 Å². The quantitative estimate of drug-likeness (QED) is 0.816. The number of morpholine rings is 1. The van der Waals surface area contributed by atoms with Crippen LogP contribution in [0.15, 0.2) is 6.33 Å². The number of rotatable bonds is 2. The van der Waals surface area contributed by atoms with Crippen molar-refractivity contribution in [3.63, 3.8) is 0 Å². The SMILES string of the molecule is COc1c(N)ncnc1N1CC(C)OCC1C. The topological polar surface area (TPSA) is 73.5 Å². The maximum atomic E-state index is 5.78. The van der Waals surface area contributed by atoms with Gasteiger partial charge in [-0.1, -0.05) is 0 Å². The molecule has 94 valence electrons. The smallest absolute Gasteiger partial charge is 0.204 e. The van der Waals surface area contributed by atoms with E-state index in [4.69, 9.17) is 15.2 Å². The number of hydrogen-bond donors (Lipinski definition) is 1. The van der Waals surface area contributed by atoms with Gasteiger partial charge in [0.1, 0.15) is 6.33 Å². The van der Waals surface area contributed by atoms with Crippen molar-refractivity contribution in [3.8, 4) is 5.75 Å². The zero-order chi connectivity index (χ0) is 12.4. The Balaban J connectivity index is 2.35. The van der Waals surface area contributed by atoms with Crippen molar-refractivity contribution in [1.82, 2.24) is 9.97 Å². The molecule has 2 unspecified atom stereocenters. The molecule has 1 fully saturated rings. The molecule has 6 heteroatoms. The summed E-state index contributed by atoms with van der Waals surface area (Å²) in [4.78, 5) is 10.4. The predicted octanol–water partition coefficient (Wildman–Crippen LogP) is 0.681. The molecular formula is C11H18N4O2. The molecule has 0 bridgehead atoms. The fraction of sp³-hybridized carbons (Fsp3) is 0.636. The zero-order valence-electron chi connectivity index (χ0n) is 10.4.